The minimum atomic E-state index is -1.55. The van der Waals surface area contributed by atoms with Crippen LogP contribution in [0.3, 0.4) is 0 Å². The van der Waals surface area contributed by atoms with Gasteiger partial charge in [-0.15, -0.1) is 0 Å². The lowest BCUT2D eigenvalue weighted by molar-refractivity contribution is -0.318. The molecule has 2 aliphatic heterocycles. The second kappa shape index (κ2) is 25.6. The highest BCUT2D eigenvalue weighted by Gasteiger charge is 2.54. The fourth-order valence-electron chi connectivity index (χ4n) is 8.23. The maximum Gasteiger partial charge on any atom is 0.338 e. The van der Waals surface area contributed by atoms with E-state index in [0.29, 0.717) is 0 Å². The smallest absolute Gasteiger partial charge is 0.338 e. The number of ether oxygens (including phenoxy) is 10. The van der Waals surface area contributed by atoms with Crippen molar-refractivity contribution in [3.05, 3.63) is 226 Å². The van der Waals surface area contributed by atoms with Crippen LogP contribution >= 0.6 is 0 Å². The van der Waals surface area contributed by atoms with Gasteiger partial charge in [0, 0.05) is 12.0 Å². The molecule has 71 heavy (non-hydrogen) atoms. The third-order valence-corrected chi connectivity index (χ3v) is 11.8. The molecule has 0 aliphatic carbocycles. The number of hydrogen-bond acceptors (Lipinski definition) is 14. The van der Waals surface area contributed by atoms with Crippen molar-refractivity contribution >= 4 is 17.9 Å². The number of nitrogens with zero attached hydrogens (tertiary/aromatic N) is 3. The van der Waals surface area contributed by atoms with E-state index in [1.54, 1.807) is 91.0 Å². The number of carbonyl (C=O) groups is 3. The zero-order valence-corrected chi connectivity index (χ0v) is 38.8. The van der Waals surface area contributed by atoms with E-state index in [-0.39, 0.29) is 43.1 Å². The monoisotopic (exact) mass is 963 g/mol. The molecule has 0 radical (unpaired) electrons. The molecule has 0 unspecified atom stereocenters. The predicted molar refractivity (Wildman–Crippen MR) is 256 cm³/mol. The number of carbonyl (C=O) groups excluding carboxylic acids is 3. The van der Waals surface area contributed by atoms with Gasteiger partial charge in [-0.05, 0) is 58.6 Å². The molecule has 8 rings (SSSR count). The summed E-state index contributed by atoms with van der Waals surface area (Å²) >= 11 is 0. The van der Waals surface area contributed by atoms with Crippen molar-refractivity contribution in [1.29, 1.82) is 0 Å². The van der Waals surface area contributed by atoms with Crippen molar-refractivity contribution in [3.63, 3.8) is 0 Å². The van der Waals surface area contributed by atoms with Crippen LogP contribution in [0.15, 0.2) is 187 Å². The van der Waals surface area contributed by atoms with Gasteiger partial charge in [-0.2, -0.15) is 0 Å². The van der Waals surface area contributed by atoms with Gasteiger partial charge in [0.25, 0.3) is 0 Å². The fraction of sp³-hybridized carbons (Fsp3) is 0.291. The zero-order chi connectivity index (χ0) is 49.2. The largest absolute Gasteiger partial charge is 0.452 e. The van der Waals surface area contributed by atoms with Crippen LogP contribution in [0.25, 0.3) is 10.4 Å². The molecule has 10 atom stereocenters. The molecule has 6 aromatic carbocycles. The maximum atomic E-state index is 14.1. The van der Waals surface area contributed by atoms with E-state index in [4.69, 9.17) is 47.4 Å². The van der Waals surface area contributed by atoms with Crippen molar-refractivity contribution < 1.29 is 61.8 Å². The van der Waals surface area contributed by atoms with Crippen LogP contribution < -0.4 is 0 Å². The standard InChI is InChI=1S/C55H53N3O13/c1-62-55-50(71-53(61)42-30-18-7-19-31-42)49(70-52(60)41-28-16-6-17-29-41)47(69-51(59)40-26-14-5-15-27-40)44(68-55)36-66-54-45(57-58-56)48(65-34-39-24-12-4-13-25-39)46(64-33-38-22-10-3-11-23-38)43(67-54)35-63-32-37-20-8-2-9-21-37/h2-31,43-50,54-55H,32-36H2,1H3/t43-,44-,45-,46+,47-,48-,49+,50-,54+,55+/m1/s1. The quantitative estimate of drug-likeness (QED) is 0.0219. The Labute approximate surface area is 410 Å². The van der Waals surface area contributed by atoms with Crippen LogP contribution in [-0.4, -0.2) is 99.6 Å². The molecule has 2 aliphatic rings. The van der Waals surface area contributed by atoms with Gasteiger partial charge in [0.15, 0.2) is 30.9 Å². The Kier molecular flexibility index (Phi) is 18.1. The summed E-state index contributed by atoms with van der Waals surface area (Å²) in [4.78, 5) is 45.0. The highest BCUT2D eigenvalue weighted by molar-refractivity contribution is 5.91. The third-order valence-electron chi connectivity index (χ3n) is 11.8. The first-order chi connectivity index (χ1) is 34.9. The first-order valence-corrected chi connectivity index (χ1v) is 23.1. The Balaban J connectivity index is 1.14. The molecule has 2 heterocycles. The summed E-state index contributed by atoms with van der Waals surface area (Å²) in [5.74, 6) is -2.41. The summed E-state index contributed by atoms with van der Waals surface area (Å²) in [6.45, 7) is 0.0542. The van der Waals surface area contributed by atoms with Gasteiger partial charge in [0.05, 0.1) is 49.7 Å². The molecule has 2 saturated heterocycles. The minimum Gasteiger partial charge on any atom is -0.452 e. The summed E-state index contributed by atoms with van der Waals surface area (Å²) in [6.07, 6.45) is -11.4. The van der Waals surface area contributed by atoms with E-state index in [9.17, 15) is 19.9 Å². The van der Waals surface area contributed by atoms with Crippen molar-refractivity contribution in [2.24, 2.45) is 5.11 Å². The number of esters is 3. The molecule has 0 bridgehead atoms. The first kappa shape index (κ1) is 50.2. The predicted octanol–water partition coefficient (Wildman–Crippen LogP) is 8.84. The lowest BCUT2D eigenvalue weighted by Crippen LogP contribution is -2.64. The lowest BCUT2D eigenvalue weighted by atomic mass is 9.96. The SMILES string of the molecule is CO[C@H]1O[C@H](CO[C@H]2O[C@H](COCc3ccccc3)[C@H](OCc3ccccc3)[C@H](OCc3ccccc3)[C@H]2N=[N+]=[N-])[C@@H](OC(=O)c2ccccc2)[C@H](OC(=O)c2ccccc2)[C@H]1OC(=O)c1ccccc1. The van der Waals surface area contributed by atoms with E-state index >= 15 is 0 Å². The fourth-order valence-corrected chi connectivity index (χ4v) is 8.23. The molecular weight excluding hydrogens is 911 g/mol. The molecular formula is C55H53N3O13. The molecule has 6 aromatic rings. The Bertz CT molecular complexity index is 2630. The summed E-state index contributed by atoms with van der Waals surface area (Å²) in [5, 5.41) is 4.20. The van der Waals surface area contributed by atoms with E-state index in [1.165, 1.54) is 7.11 Å². The van der Waals surface area contributed by atoms with Gasteiger partial charge in [-0.1, -0.05) is 151 Å². The van der Waals surface area contributed by atoms with Crippen molar-refractivity contribution in [2.45, 2.75) is 81.2 Å². The van der Waals surface area contributed by atoms with Crippen molar-refractivity contribution in [1.82, 2.24) is 0 Å². The number of rotatable bonds is 21. The zero-order valence-electron chi connectivity index (χ0n) is 38.8. The number of hydrogen-bond donors (Lipinski definition) is 0. The number of benzene rings is 6. The van der Waals surface area contributed by atoms with Crippen molar-refractivity contribution in [3.8, 4) is 0 Å². The second-order valence-electron chi connectivity index (χ2n) is 16.6. The average Bonchev–Trinajstić information content (AvgIpc) is 3.42. The molecule has 16 nitrogen and oxygen atoms in total. The molecule has 366 valence electrons. The second-order valence-corrected chi connectivity index (χ2v) is 16.6. The summed E-state index contributed by atoms with van der Waals surface area (Å²) in [7, 11) is 1.32. The van der Waals surface area contributed by atoms with Crippen LogP contribution in [0.5, 0.6) is 0 Å². The molecule has 0 saturated carbocycles. The van der Waals surface area contributed by atoms with E-state index in [2.05, 4.69) is 10.0 Å². The van der Waals surface area contributed by atoms with E-state index in [1.807, 2.05) is 91.0 Å². The Morgan fingerprint density at radius 2 is 0.859 bits per heavy atom. The Morgan fingerprint density at radius 3 is 1.32 bits per heavy atom. The number of methoxy groups -OCH3 is 1. The topological polar surface area (TPSA) is 192 Å². The van der Waals surface area contributed by atoms with Gasteiger partial charge < -0.3 is 47.4 Å². The van der Waals surface area contributed by atoms with Crippen molar-refractivity contribution in [2.75, 3.05) is 20.3 Å². The van der Waals surface area contributed by atoms with Crippen LogP contribution in [0.4, 0.5) is 0 Å². The molecule has 0 aromatic heterocycles. The summed E-state index contributed by atoms with van der Waals surface area (Å²) in [5.41, 5.74) is 13.3. The maximum absolute atomic E-state index is 14.1. The summed E-state index contributed by atoms with van der Waals surface area (Å²) in [6, 6.07) is 52.0. The highest BCUT2D eigenvalue weighted by atomic mass is 16.7. The van der Waals surface area contributed by atoms with Gasteiger partial charge in [-0.3, -0.25) is 0 Å². The average molecular weight is 964 g/mol. The van der Waals surface area contributed by atoms with Crippen LogP contribution in [0.1, 0.15) is 47.8 Å². The minimum absolute atomic E-state index is 0.00262. The Morgan fingerprint density at radius 1 is 0.465 bits per heavy atom. The number of azide groups is 1. The molecule has 2 fully saturated rings. The lowest BCUT2D eigenvalue weighted by Gasteiger charge is -2.46. The van der Waals surface area contributed by atoms with Crippen LogP contribution in [0.2, 0.25) is 0 Å². The molecule has 0 N–H and O–H groups in total. The van der Waals surface area contributed by atoms with Crippen LogP contribution in [-0.2, 0) is 67.2 Å². The third kappa shape index (κ3) is 13.6. The summed E-state index contributed by atoms with van der Waals surface area (Å²) < 4.78 is 63.7. The molecule has 0 spiro atoms. The Hall–Kier alpha value is -7.24. The molecule has 0 amide bonds. The normalized spacial score (nSPS) is 23.9. The molecule has 16 heteroatoms. The van der Waals surface area contributed by atoms with Gasteiger partial charge in [0.2, 0.25) is 0 Å². The van der Waals surface area contributed by atoms with Gasteiger partial charge in [0.1, 0.15) is 30.5 Å². The highest BCUT2D eigenvalue weighted by Crippen LogP contribution is 2.35. The first-order valence-electron chi connectivity index (χ1n) is 23.1. The van der Waals surface area contributed by atoms with Gasteiger partial charge >= 0.3 is 17.9 Å². The van der Waals surface area contributed by atoms with Crippen LogP contribution in [0, 0.1) is 0 Å². The van der Waals surface area contributed by atoms with E-state index < -0.39 is 85.9 Å². The van der Waals surface area contributed by atoms with E-state index in [0.717, 1.165) is 16.7 Å². The van der Waals surface area contributed by atoms with Gasteiger partial charge in [-0.25, -0.2) is 14.4 Å².